The van der Waals surface area contributed by atoms with Gasteiger partial charge in [0.15, 0.2) is 0 Å². The number of piperidine rings is 1. The Bertz CT molecular complexity index is 946. The smallest absolute Gasteiger partial charge is 0.262 e. The molecule has 2 aromatic carbocycles. The number of hydrogen-bond acceptors (Lipinski definition) is 4. The lowest BCUT2D eigenvalue weighted by molar-refractivity contribution is -0.0314. The minimum Gasteiger partial charge on any atom is -0.485 e. The monoisotopic (exact) mass is 396 g/mol. The van der Waals surface area contributed by atoms with Gasteiger partial charge in [-0.3, -0.25) is 14.5 Å². The summed E-state index contributed by atoms with van der Waals surface area (Å²) in [5, 5.41) is 0.525. The average molecular weight is 397 g/mol. The number of hydrogen-bond donors (Lipinski definition) is 0. The fraction of sp³-hybridized carbons (Fsp3) is 0.364. The summed E-state index contributed by atoms with van der Waals surface area (Å²) in [6.07, 6.45) is 2.28. The molecule has 0 aromatic heterocycles. The number of carbonyl (C=O) groups is 2. The van der Waals surface area contributed by atoms with Gasteiger partial charge in [0, 0.05) is 25.1 Å². The van der Waals surface area contributed by atoms with Gasteiger partial charge >= 0.3 is 0 Å². The van der Waals surface area contributed by atoms with Crippen molar-refractivity contribution in [3.8, 4) is 5.75 Å². The van der Waals surface area contributed by atoms with Gasteiger partial charge in [-0.05, 0) is 38.1 Å². The van der Waals surface area contributed by atoms with Crippen LogP contribution in [0.4, 0.5) is 0 Å². The van der Waals surface area contributed by atoms with Crippen molar-refractivity contribution < 1.29 is 14.3 Å². The second kappa shape index (κ2) is 6.33. The summed E-state index contributed by atoms with van der Waals surface area (Å²) < 4.78 is 6.47. The zero-order valence-corrected chi connectivity index (χ0v) is 16.4. The highest BCUT2D eigenvalue weighted by Crippen LogP contribution is 2.50. The van der Waals surface area contributed by atoms with E-state index in [4.69, 9.17) is 16.3 Å². The van der Waals surface area contributed by atoms with Crippen molar-refractivity contribution in [1.29, 1.82) is 0 Å². The summed E-state index contributed by atoms with van der Waals surface area (Å²) >= 11 is 6.48. The Morgan fingerprint density at radius 1 is 1.00 bits per heavy atom. The lowest BCUT2D eigenvalue weighted by Crippen LogP contribution is -2.52. The molecular formula is C22H21ClN2O3. The molecule has 1 saturated heterocycles. The van der Waals surface area contributed by atoms with Crippen LogP contribution in [-0.2, 0) is 0 Å². The van der Waals surface area contributed by atoms with Gasteiger partial charge in [-0.25, -0.2) is 0 Å². The Labute approximate surface area is 168 Å². The summed E-state index contributed by atoms with van der Waals surface area (Å²) in [6, 6.07) is 12.2. The number of ether oxygens (including phenoxy) is 1. The van der Waals surface area contributed by atoms with Crippen LogP contribution < -0.4 is 4.74 Å². The van der Waals surface area contributed by atoms with E-state index in [1.165, 1.54) is 4.90 Å². The van der Waals surface area contributed by atoms with Crippen LogP contribution in [0, 0.1) is 0 Å². The summed E-state index contributed by atoms with van der Waals surface area (Å²) in [4.78, 5) is 30.0. The van der Waals surface area contributed by atoms with Crippen molar-refractivity contribution in [2.75, 3.05) is 20.1 Å². The van der Waals surface area contributed by atoms with E-state index in [2.05, 4.69) is 11.9 Å². The first kappa shape index (κ1) is 17.7. The number of amides is 2. The molecule has 0 saturated carbocycles. The standard InChI is InChI=1S/C22H21ClN2O3/c1-24-11-9-22(10-12-24)13-18(16-7-4-8-17(23)19(16)28-22)25-20(26)14-5-2-3-6-15(14)21(25)27/h2-8,18H,9-13H2,1H3. The van der Waals surface area contributed by atoms with Gasteiger partial charge in [0.05, 0.1) is 22.2 Å². The molecule has 6 heteroatoms. The van der Waals surface area contributed by atoms with Crippen LogP contribution in [0.1, 0.15) is 51.6 Å². The summed E-state index contributed by atoms with van der Waals surface area (Å²) in [7, 11) is 2.10. The molecule has 3 aliphatic rings. The van der Waals surface area contributed by atoms with E-state index in [-0.39, 0.29) is 17.9 Å². The van der Waals surface area contributed by atoms with Gasteiger partial charge in [-0.1, -0.05) is 35.9 Å². The van der Waals surface area contributed by atoms with Crippen molar-refractivity contribution in [1.82, 2.24) is 9.80 Å². The van der Waals surface area contributed by atoms with E-state index in [0.717, 1.165) is 31.5 Å². The number of nitrogens with zero attached hydrogens (tertiary/aromatic N) is 2. The quantitative estimate of drug-likeness (QED) is 0.685. The topological polar surface area (TPSA) is 49.9 Å². The molecule has 0 radical (unpaired) electrons. The Kier molecular flexibility index (Phi) is 4.00. The minimum atomic E-state index is -0.412. The van der Waals surface area contributed by atoms with E-state index in [1.807, 2.05) is 12.1 Å². The first-order valence-electron chi connectivity index (χ1n) is 9.62. The van der Waals surface area contributed by atoms with Crippen LogP contribution in [0.15, 0.2) is 42.5 Å². The molecule has 28 heavy (non-hydrogen) atoms. The molecular weight excluding hydrogens is 376 g/mol. The normalized spacial score (nSPS) is 23.5. The zero-order chi connectivity index (χ0) is 19.5. The van der Waals surface area contributed by atoms with Crippen LogP contribution >= 0.6 is 11.6 Å². The largest absolute Gasteiger partial charge is 0.485 e. The molecule has 2 amide bonds. The molecule has 1 spiro atoms. The van der Waals surface area contributed by atoms with Crippen molar-refractivity contribution in [3.63, 3.8) is 0 Å². The molecule has 5 nitrogen and oxygen atoms in total. The van der Waals surface area contributed by atoms with Crippen LogP contribution in [0.25, 0.3) is 0 Å². The van der Waals surface area contributed by atoms with Gasteiger partial charge in [-0.2, -0.15) is 0 Å². The molecule has 1 fully saturated rings. The van der Waals surface area contributed by atoms with Crippen LogP contribution in [0.3, 0.4) is 0 Å². The fourth-order valence-electron chi connectivity index (χ4n) is 4.67. The summed E-state index contributed by atoms with van der Waals surface area (Å²) in [5.74, 6) is 0.143. The van der Waals surface area contributed by atoms with Gasteiger partial charge in [0.25, 0.3) is 11.8 Å². The van der Waals surface area contributed by atoms with Crippen LogP contribution in [-0.4, -0.2) is 47.4 Å². The Morgan fingerprint density at radius 3 is 2.29 bits per heavy atom. The molecule has 2 aromatic rings. The molecule has 3 heterocycles. The molecule has 1 unspecified atom stereocenters. The van der Waals surface area contributed by atoms with E-state index < -0.39 is 5.60 Å². The molecule has 0 N–H and O–H groups in total. The maximum Gasteiger partial charge on any atom is 0.262 e. The molecule has 0 bridgehead atoms. The zero-order valence-electron chi connectivity index (χ0n) is 15.7. The molecule has 144 valence electrons. The Hall–Kier alpha value is -2.37. The second-order valence-corrected chi connectivity index (χ2v) is 8.40. The third-order valence-electron chi connectivity index (χ3n) is 6.28. The van der Waals surface area contributed by atoms with Crippen molar-refractivity contribution in [2.45, 2.75) is 30.9 Å². The number of likely N-dealkylation sites (tertiary alicyclic amines) is 1. The average Bonchev–Trinajstić information content (AvgIpc) is 2.96. The Balaban J connectivity index is 1.60. The highest BCUT2D eigenvalue weighted by Gasteiger charge is 2.49. The highest BCUT2D eigenvalue weighted by molar-refractivity contribution is 6.32. The van der Waals surface area contributed by atoms with Gasteiger partial charge in [0.2, 0.25) is 0 Å². The molecule has 0 aliphatic carbocycles. The van der Waals surface area contributed by atoms with Crippen molar-refractivity contribution >= 4 is 23.4 Å². The molecule has 5 rings (SSSR count). The van der Waals surface area contributed by atoms with E-state index in [1.54, 1.807) is 30.3 Å². The first-order chi connectivity index (χ1) is 13.5. The number of halogens is 1. The van der Waals surface area contributed by atoms with Gasteiger partial charge in [0.1, 0.15) is 11.4 Å². The molecule has 1 atom stereocenters. The lowest BCUT2D eigenvalue weighted by Gasteiger charge is -2.47. The number of benzene rings is 2. The van der Waals surface area contributed by atoms with E-state index in [0.29, 0.717) is 28.3 Å². The predicted octanol–water partition coefficient (Wildman–Crippen LogP) is 3.92. The van der Waals surface area contributed by atoms with E-state index >= 15 is 0 Å². The van der Waals surface area contributed by atoms with E-state index in [9.17, 15) is 9.59 Å². The Morgan fingerprint density at radius 2 is 1.64 bits per heavy atom. The van der Waals surface area contributed by atoms with Crippen molar-refractivity contribution in [2.24, 2.45) is 0 Å². The number of imide groups is 1. The maximum atomic E-state index is 13.1. The second-order valence-electron chi connectivity index (χ2n) is 7.99. The van der Waals surface area contributed by atoms with Gasteiger partial charge < -0.3 is 9.64 Å². The third-order valence-corrected chi connectivity index (χ3v) is 6.57. The summed E-state index contributed by atoms with van der Waals surface area (Å²) in [6.45, 7) is 1.82. The first-order valence-corrected chi connectivity index (χ1v) is 10.00. The SMILES string of the molecule is CN1CCC2(CC1)CC(N1C(=O)c3ccccc3C1=O)c1cccc(Cl)c1O2. The van der Waals surface area contributed by atoms with Gasteiger partial charge in [-0.15, -0.1) is 0 Å². The highest BCUT2D eigenvalue weighted by atomic mass is 35.5. The summed E-state index contributed by atoms with van der Waals surface area (Å²) in [5.41, 5.74) is 1.34. The number of fused-ring (bicyclic) bond motifs is 2. The van der Waals surface area contributed by atoms with Crippen LogP contribution in [0.2, 0.25) is 5.02 Å². The predicted molar refractivity (Wildman–Crippen MR) is 106 cm³/mol. The lowest BCUT2D eigenvalue weighted by atomic mass is 9.80. The fourth-order valence-corrected chi connectivity index (χ4v) is 4.89. The number of para-hydroxylation sites is 1. The number of rotatable bonds is 1. The minimum absolute atomic E-state index is 0.235. The maximum absolute atomic E-state index is 13.1. The van der Waals surface area contributed by atoms with Crippen molar-refractivity contribution in [3.05, 3.63) is 64.2 Å². The molecule has 3 aliphatic heterocycles. The van der Waals surface area contributed by atoms with Crippen LogP contribution in [0.5, 0.6) is 5.75 Å². The number of carbonyl (C=O) groups excluding carboxylic acids is 2. The third kappa shape index (κ3) is 2.57.